The lowest BCUT2D eigenvalue weighted by molar-refractivity contribution is 0.0911. The van der Waals surface area contributed by atoms with Crippen molar-refractivity contribution in [3.8, 4) is 0 Å². The Morgan fingerprint density at radius 3 is 3.00 bits per heavy atom. The first-order valence-electron chi connectivity index (χ1n) is 7.21. The van der Waals surface area contributed by atoms with Crippen LogP contribution in [0.5, 0.6) is 0 Å². The summed E-state index contributed by atoms with van der Waals surface area (Å²) in [7, 11) is 0. The summed E-state index contributed by atoms with van der Waals surface area (Å²) in [6.07, 6.45) is 6.53. The molecule has 3 nitrogen and oxygen atoms in total. The molecule has 1 aromatic heterocycles. The lowest BCUT2D eigenvalue weighted by atomic mass is 9.87. The lowest BCUT2D eigenvalue weighted by Gasteiger charge is -2.19. The predicted octanol–water partition coefficient (Wildman–Crippen LogP) is 2.52. The van der Waals surface area contributed by atoms with E-state index in [-0.39, 0.29) is 18.1 Å². The molecule has 0 spiro atoms. The zero-order valence-corrected chi connectivity index (χ0v) is 12.2. The minimum absolute atomic E-state index is 0.000927. The Morgan fingerprint density at radius 2 is 2.37 bits per heavy atom. The molecule has 0 saturated heterocycles. The maximum Gasteiger partial charge on any atom is 0.261 e. The molecule has 1 aromatic rings. The molecule has 4 heteroatoms. The number of aliphatic hydroxyl groups is 1. The average molecular weight is 279 g/mol. The molecule has 0 bridgehead atoms. The molecule has 1 amide bonds. The Bertz CT molecular complexity index is 490. The van der Waals surface area contributed by atoms with E-state index in [1.165, 1.54) is 23.3 Å². The Kier molecular flexibility index (Phi) is 3.39. The fraction of sp³-hybridized carbons (Fsp3) is 0.667. The van der Waals surface area contributed by atoms with E-state index in [0.717, 1.165) is 36.5 Å². The number of rotatable bonds is 4. The molecule has 2 aliphatic rings. The Labute approximate surface area is 118 Å². The van der Waals surface area contributed by atoms with Crippen LogP contribution in [-0.2, 0) is 12.8 Å². The molecule has 1 saturated carbocycles. The molecule has 2 aliphatic carbocycles. The van der Waals surface area contributed by atoms with Crippen molar-refractivity contribution in [3.63, 3.8) is 0 Å². The summed E-state index contributed by atoms with van der Waals surface area (Å²) in [4.78, 5) is 14.4. The Morgan fingerprint density at radius 1 is 1.58 bits per heavy atom. The largest absolute Gasteiger partial charge is 0.394 e. The minimum atomic E-state index is -0.312. The zero-order valence-electron chi connectivity index (χ0n) is 11.4. The SMILES string of the molecule is CCC1CCc2sc(C(=O)NC3(CO)CC3)cc2C1. The highest BCUT2D eigenvalue weighted by molar-refractivity contribution is 7.14. The summed E-state index contributed by atoms with van der Waals surface area (Å²) >= 11 is 1.64. The molecule has 1 unspecified atom stereocenters. The molecule has 0 aromatic carbocycles. The van der Waals surface area contributed by atoms with E-state index in [1.807, 2.05) is 0 Å². The predicted molar refractivity (Wildman–Crippen MR) is 76.6 cm³/mol. The quantitative estimate of drug-likeness (QED) is 0.889. The summed E-state index contributed by atoms with van der Waals surface area (Å²) in [5.74, 6) is 0.782. The zero-order chi connectivity index (χ0) is 13.5. The van der Waals surface area contributed by atoms with Gasteiger partial charge in [0.05, 0.1) is 17.0 Å². The molecule has 1 atom stereocenters. The number of hydrogen-bond acceptors (Lipinski definition) is 3. The maximum atomic E-state index is 12.2. The van der Waals surface area contributed by atoms with E-state index in [2.05, 4.69) is 18.3 Å². The van der Waals surface area contributed by atoms with Gasteiger partial charge >= 0.3 is 0 Å². The molecule has 2 N–H and O–H groups in total. The summed E-state index contributed by atoms with van der Waals surface area (Å²) in [6, 6.07) is 2.07. The number of aliphatic hydroxyl groups excluding tert-OH is 1. The van der Waals surface area contributed by atoms with Crippen LogP contribution < -0.4 is 5.32 Å². The average Bonchev–Trinajstić information content (AvgIpc) is 3.07. The van der Waals surface area contributed by atoms with Crippen LogP contribution in [0.4, 0.5) is 0 Å². The second kappa shape index (κ2) is 4.91. The summed E-state index contributed by atoms with van der Waals surface area (Å²) < 4.78 is 0. The van der Waals surface area contributed by atoms with E-state index >= 15 is 0 Å². The molecule has 1 heterocycles. The number of amides is 1. The van der Waals surface area contributed by atoms with Crippen molar-refractivity contribution in [1.82, 2.24) is 5.32 Å². The summed E-state index contributed by atoms with van der Waals surface area (Å²) in [5.41, 5.74) is 1.06. The Hall–Kier alpha value is -0.870. The first-order valence-corrected chi connectivity index (χ1v) is 8.02. The van der Waals surface area contributed by atoms with Crippen molar-refractivity contribution in [1.29, 1.82) is 0 Å². The van der Waals surface area contributed by atoms with Crippen molar-refractivity contribution in [2.45, 2.75) is 51.0 Å². The maximum absolute atomic E-state index is 12.2. The van der Waals surface area contributed by atoms with Gasteiger partial charge in [-0.05, 0) is 49.7 Å². The number of fused-ring (bicyclic) bond motifs is 1. The van der Waals surface area contributed by atoms with Gasteiger partial charge in [-0.15, -0.1) is 11.3 Å². The first-order chi connectivity index (χ1) is 9.15. The van der Waals surface area contributed by atoms with Crippen LogP contribution in [0, 0.1) is 5.92 Å². The van der Waals surface area contributed by atoms with Crippen LogP contribution in [0.3, 0.4) is 0 Å². The van der Waals surface area contributed by atoms with Gasteiger partial charge in [0.25, 0.3) is 5.91 Å². The Balaban J connectivity index is 1.72. The van der Waals surface area contributed by atoms with Gasteiger partial charge in [-0.25, -0.2) is 0 Å². The molecule has 0 radical (unpaired) electrons. The van der Waals surface area contributed by atoms with Crippen molar-refractivity contribution in [2.75, 3.05) is 6.61 Å². The van der Waals surface area contributed by atoms with Crippen LogP contribution >= 0.6 is 11.3 Å². The van der Waals surface area contributed by atoms with Crippen LogP contribution in [0.2, 0.25) is 0 Å². The van der Waals surface area contributed by atoms with E-state index < -0.39 is 0 Å². The third-order valence-electron chi connectivity index (χ3n) is 4.52. The fourth-order valence-corrected chi connectivity index (χ4v) is 3.94. The third-order valence-corrected chi connectivity index (χ3v) is 5.76. The van der Waals surface area contributed by atoms with Gasteiger partial charge < -0.3 is 10.4 Å². The number of aryl methyl sites for hydroxylation is 1. The monoisotopic (exact) mass is 279 g/mol. The van der Waals surface area contributed by atoms with Gasteiger partial charge in [-0.3, -0.25) is 4.79 Å². The topological polar surface area (TPSA) is 49.3 Å². The van der Waals surface area contributed by atoms with E-state index in [9.17, 15) is 9.90 Å². The number of nitrogens with one attached hydrogen (secondary N) is 1. The van der Waals surface area contributed by atoms with Crippen molar-refractivity contribution in [2.24, 2.45) is 5.92 Å². The molecule has 19 heavy (non-hydrogen) atoms. The normalized spacial score (nSPS) is 23.8. The molecule has 0 aliphatic heterocycles. The highest BCUT2D eigenvalue weighted by atomic mass is 32.1. The second-order valence-corrected chi connectivity index (χ2v) is 7.11. The lowest BCUT2D eigenvalue weighted by Crippen LogP contribution is -2.39. The molecular weight excluding hydrogens is 258 g/mol. The first kappa shape index (κ1) is 13.1. The van der Waals surface area contributed by atoms with Gasteiger partial charge in [-0.1, -0.05) is 13.3 Å². The van der Waals surface area contributed by atoms with Crippen LogP contribution in [-0.4, -0.2) is 23.2 Å². The number of carbonyl (C=O) groups is 1. The molecule has 1 fully saturated rings. The van der Waals surface area contributed by atoms with E-state index in [0.29, 0.717) is 0 Å². The third kappa shape index (κ3) is 2.56. The second-order valence-electron chi connectivity index (χ2n) is 5.97. The molecule has 3 rings (SSSR count). The smallest absolute Gasteiger partial charge is 0.261 e. The fourth-order valence-electron chi connectivity index (χ4n) is 2.84. The van der Waals surface area contributed by atoms with Gasteiger partial charge in [0.1, 0.15) is 0 Å². The number of hydrogen-bond donors (Lipinski definition) is 2. The van der Waals surface area contributed by atoms with Crippen LogP contribution in [0.15, 0.2) is 6.07 Å². The summed E-state index contributed by atoms with van der Waals surface area (Å²) in [5, 5.41) is 12.3. The molecular formula is C15H21NO2S. The van der Waals surface area contributed by atoms with Crippen molar-refractivity contribution < 1.29 is 9.90 Å². The number of carbonyl (C=O) groups excluding carboxylic acids is 1. The molecule has 104 valence electrons. The van der Waals surface area contributed by atoms with Gasteiger partial charge in [-0.2, -0.15) is 0 Å². The van der Waals surface area contributed by atoms with Gasteiger partial charge in [0.2, 0.25) is 0 Å². The van der Waals surface area contributed by atoms with E-state index in [4.69, 9.17) is 0 Å². The van der Waals surface area contributed by atoms with Crippen molar-refractivity contribution in [3.05, 3.63) is 21.4 Å². The summed E-state index contributed by atoms with van der Waals surface area (Å²) in [6.45, 7) is 2.30. The van der Waals surface area contributed by atoms with Crippen molar-refractivity contribution >= 4 is 17.2 Å². The standard InChI is InChI=1S/C15H21NO2S/c1-2-10-3-4-12-11(7-10)8-13(19-12)14(18)16-15(9-17)5-6-15/h8,10,17H,2-7,9H2,1H3,(H,16,18). The number of thiophene rings is 1. The van der Waals surface area contributed by atoms with Crippen LogP contribution in [0.1, 0.15) is 52.7 Å². The highest BCUT2D eigenvalue weighted by Gasteiger charge is 2.43. The van der Waals surface area contributed by atoms with Gasteiger partial charge in [0, 0.05) is 4.88 Å². The highest BCUT2D eigenvalue weighted by Crippen LogP contribution is 2.37. The van der Waals surface area contributed by atoms with Crippen LogP contribution in [0.25, 0.3) is 0 Å². The van der Waals surface area contributed by atoms with E-state index in [1.54, 1.807) is 11.3 Å². The van der Waals surface area contributed by atoms with Gasteiger partial charge in [0.15, 0.2) is 0 Å². The minimum Gasteiger partial charge on any atom is -0.394 e.